The molecule has 0 spiro atoms. The number of methoxy groups -OCH3 is 1. The Morgan fingerprint density at radius 3 is 2.20 bits per heavy atom. The third kappa shape index (κ3) is 7.01. The lowest BCUT2D eigenvalue weighted by molar-refractivity contribution is -0.372. The van der Waals surface area contributed by atoms with Gasteiger partial charge in [-0.2, -0.15) is 0 Å². The summed E-state index contributed by atoms with van der Waals surface area (Å²) in [6.45, 7) is 17.7. The predicted octanol–water partition coefficient (Wildman–Crippen LogP) is 2.93. The molecular formula is C43H70O13. The zero-order valence-electron chi connectivity index (χ0n) is 35.1. The highest BCUT2D eigenvalue weighted by Crippen LogP contribution is 2.74. The first-order valence-electron chi connectivity index (χ1n) is 20.7. The Balaban J connectivity index is 1.25. The Hall–Kier alpha value is -1.33. The van der Waals surface area contributed by atoms with Crippen molar-refractivity contribution in [2.75, 3.05) is 13.7 Å². The summed E-state index contributed by atoms with van der Waals surface area (Å²) in [5, 5.41) is 75.5. The second-order valence-corrected chi connectivity index (χ2v) is 20.0. The van der Waals surface area contributed by atoms with Crippen LogP contribution in [0, 0.1) is 39.4 Å². The quantitative estimate of drug-likeness (QED) is 0.159. The molecule has 0 radical (unpaired) electrons. The minimum absolute atomic E-state index is 0.0409. The summed E-state index contributed by atoms with van der Waals surface area (Å²) in [7, 11) is 1.67. The number of ether oxygens (including phenoxy) is 5. The topological polar surface area (TPSA) is 205 Å². The third-order valence-electron chi connectivity index (χ3n) is 16.1. The molecule has 8 unspecified atom stereocenters. The second-order valence-electron chi connectivity index (χ2n) is 20.0. The minimum atomic E-state index is -1.67. The molecule has 2 heterocycles. The van der Waals surface area contributed by atoms with Gasteiger partial charge in [-0.15, -0.1) is 0 Å². The molecule has 0 aromatic carbocycles. The molecule has 5 fully saturated rings. The summed E-state index contributed by atoms with van der Waals surface area (Å²) >= 11 is 0. The van der Waals surface area contributed by atoms with Crippen LogP contribution in [0.3, 0.4) is 0 Å². The SMILES string of the molecule is COC(C)(C)/C=C/CC(C)(O)C1CCC2(C)C3CC=C4C(CCC(O[C@@H]5O[C@H](CO)[C@@H](O)[C@H](O)[C@H]5O[C@@H]5O[C@@H](C)[C@H](O)[C@@H](O)[C@H]5O)C4(C)C)C3(C)C(=O)CC12C. The van der Waals surface area contributed by atoms with E-state index in [9.17, 15) is 40.5 Å². The molecule has 3 saturated carbocycles. The van der Waals surface area contributed by atoms with Gasteiger partial charge < -0.3 is 59.4 Å². The van der Waals surface area contributed by atoms with Crippen molar-refractivity contribution in [3.8, 4) is 0 Å². The highest BCUT2D eigenvalue weighted by molar-refractivity contribution is 5.88. The van der Waals surface area contributed by atoms with Crippen LogP contribution in [-0.2, 0) is 28.5 Å². The second kappa shape index (κ2) is 15.3. The van der Waals surface area contributed by atoms with E-state index < -0.39 is 102 Å². The Kier molecular flexibility index (Phi) is 12.1. The molecule has 13 heteroatoms. The standard InChI is InChI=1S/C43H70O13/c1-22-30(46)32(48)34(50)36(53-22)56-35-33(49)31(47)25(21-44)54-37(35)55-29-15-13-24-23(39(29,4)5)12-14-27-40(6)19-16-26(41(40,7)20-28(45)43(24,27)9)42(8,51)18-11-17-38(2,3)52-10/h11-12,17,22,24-27,29-37,44,46-51H,13-16,18-21H2,1-10H3/b17-11+/t22-,24?,25+,26?,27?,29?,30-,31+,32+,33-,34+,35+,36-,37-,40?,41?,42?,43?/m0/s1. The number of Topliss-reactive ketones (excluding diaryl/α,β-unsaturated/α-hetero) is 1. The summed E-state index contributed by atoms with van der Waals surface area (Å²) in [6.07, 6.45) is -3.73. The van der Waals surface area contributed by atoms with Crippen molar-refractivity contribution < 1.29 is 64.2 Å². The summed E-state index contributed by atoms with van der Waals surface area (Å²) in [5.41, 5.74) is -2.14. The van der Waals surface area contributed by atoms with Crippen molar-refractivity contribution in [3.05, 3.63) is 23.8 Å². The lowest BCUT2D eigenvalue weighted by Crippen LogP contribution is -2.65. The smallest absolute Gasteiger partial charge is 0.187 e. The van der Waals surface area contributed by atoms with Crippen LogP contribution in [0.1, 0.15) is 107 Å². The number of fused-ring (bicyclic) bond motifs is 5. The Labute approximate surface area is 332 Å². The normalized spacial score (nSPS) is 49.2. The molecule has 56 heavy (non-hydrogen) atoms. The van der Waals surface area contributed by atoms with Gasteiger partial charge in [-0.25, -0.2) is 0 Å². The molecular weight excluding hydrogens is 724 g/mol. The average Bonchev–Trinajstić information content (AvgIpc) is 3.40. The van der Waals surface area contributed by atoms with Gasteiger partial charge >= 0.3 is 0 Å². The lowest BCUT2D eigenvalue weighted by atomic mass is 9.38. The third-order valence-corrected chi connectivity index (χ3v) is 16.1. The first-order chi connectivity index (χ1) is 25.9. The van der Waals surface area contributed by atoms with E-state index in [1.165, 1.54) is 6.92 Å². The molecule has 0 amide bonds. The van der Waals surface area contributed by atoms with Gasteiger partial charge in [0.05, 0.1) is 30.0 Å². The number of carbonyl (C=O) groups is 1. The van der Waals surface area contributed by atoms with E-state index in [4.69, 9.17) is 23.7 Å². The number of ketones is 1. The summed E-state index contributed by atoms with van der Waals surface area (Å²) in [4.78, 5) is 14.9. The number of aliphatic hydroxyl groups is 7. The van der Waals surface area contributed by atoms with E-state index in [1.54, 1.807) is 7.11 Å². The van der Waals surface area contributed by atoms with Crippen molar-refractivity contribution in [3.63, 3.8) is 0 Å². The zero-order chi connectivity index (χ0) is 41.6. The molecule has 13 nitrogen and oxygen atoms in total. The van der Waals surface area contributed by atoms with Gasteiger partial charge in [0.2, 0.25) is 0 Å². The van der Waals surface area contributed by atoms with Crippen LogP contribution in [-0.4, -0.2) is 134 Å². The molecule has 6 aliphatic rings. The fraction of sp³-hybridized carbons (Fsp3) is 0.884. The molecule has 2 aliphatic heterocycles. The fourth-order valence-electron chi connectivity index (χ4n) is 12.2. The van der Waals surface area contributed by atoms with Crippen molar-refractivity contribution >= 4 is 5.78 Å². The Morgan fingerprint density at radius 1 is 0.875 bits per heavy atom. The summed E-state index contributed by atoms with van der Waals surface area (Å²) in [6, 6.07) is 0. The monoisotopic (exact) mass is 794 g/mol. The van der Waals surface area contributed by atoms with Crippen molar-refractivity contribution in [1.29, 1.82) is 0 Å². The predicted molar refractivity (Wildman–Crippen MR) is 205 cm³/mol. The van der Waals surface area contributed by atoms with E-state index >= 15 is 0 Å². The molecule has 6 rings (SSSR count). The van der Waals surface area contributed by atoms with Gasteiger partial charge in [-0.1, -0.05) is 58.4 Å². The molecule has 0 aromatic heterocycles. The fourth-order valence-corrected chi connectivity index (χ4v) is 12.2. The van der Waals surface area contributed by atoms with Gasteiger partial charge in [-0.05, 0) is 94.8 Å². The number of carbonyl (C=O) groups excluding carboxylic acids is 1. The summed E-state index contributed by atoms with van der Waals surface area (Å²) in [5.74, 6) is 0.215. The zero-order valence-corrected chi connectivity index (χ0v) is 35.1. The van der Waals surface area contributed by atoms with E-state index in [0.29, 0.717) is 32.1 Å². The summed E-state index contributed by atoms with van der Waals surface area (Å²) < 4.78 is 29.9. The molecule has 320 valence electrons. The van der Waals surface area contributed by atoms with Crippen LogP contribution in [0.25, 0.3) is 0 Å². The minimum Gasteiger partial charge on any atom is -0.394 e. The molecule has 2 saturated heterocycles. The Morgan fingerprint density at radius 2 is 1.55 bits per heavy atom. The van der Waals surface area contributed by atoms with Crippen LogP contribution in [0.15, 0.2) is 23.8 Å². The lowest BCUT2D eigenvalue weighted by Gasteiger charge is -2.65. The van der Waals surface area contributed by atoms with Crippen molar-refractivity contribution in [2.24, 2.45) is 39.4 Å². The number of hydrogen-bond donors (Lipinski definition) is 7. The van der Waals surface area contributed by atoms with Crippen LogP contribution < -0.4 is 0 Å². The number of aliphatic hydroxyl groups excluding tert-OH is 6. The van der Waals surface area contributed by atoms with Crippen LogP contribution in [0.5, 0.6) is 0 Å². The average molecular weight is 795 g/mol. The molecule has 0 bridgehead atoms. The molecule has 18 atom stereocenters. The molecule has 4 aliphatic carbocycles. The van der Waals surface area contributed by atoms with Crippen LogP contribution in [0.2, 0.25) is 0 Å². The largest absolute Gasteiger partial charge is 0.394 e. The van der Waals surface area contributed by atoms with Crippen molar-refractivity contribution in [2.45, 2.75) is 186 Å². The number of allylic oxidation sites excluding steroid dienone is 1. The molecule has 0 aromatic rings. The van der Waals surface area contributed by atoms with E-state index in [-0.39, 0.29) is 29.0 Å². The van der Waals surface area contributed by atoms with Crippen LogP contribution in [0.4, 0.5) is 0 Å². The first-order valence-corrected chi connectivity index (χ1v) is 20.7. The maximum atomic E-state index is 14.9. The maximum Gasteiger partial charge on any atom is 0.187 e. The molecule has 7 N–H and O–H groups in total. The highest BCUT2D eigenvalue weighted by atomic mass is 16.8. The first kappa shape index (κ1) is 44.2. The number of hydrogen-bond acceptors (Lipinski definition) is 13. The van der Waals surface area contributed by atoms with Gasteiger partial charge in [0.1, 0.15) is 48.5 Å². The van der Waals surface area contributed by atoms with Crippen molar-refractivity contribution in [1.82, 2.24) is 0 Å². The van der Waals surface area contributed by atoms with E-state index in [0.717, 1.165) is 18.4 Å². The van der Waals surface area contributed by atoms with Gasteiger partial charge in [0, 0.05) is 24.4 Å². The van der Waals surface area contributed by atoms with Crippen LogP contribution >= 0.6 is 0 Å². The Bertz CT molecular complexity index is 1510. The van der Waals surface area contributed by atoms with Gasteiger partial charge in [-0.3, -0.25) is 4.79 Å². The highest BCUT2D eigenvalue weighted by Gasteiger charge is 2.71. The number of rotatable bonds is 10. The maximum absolute atomic E-state index is 14.9. The van der Waals surface area contributed by atoms with E-state index in [1.807, 2.05) is 32.9 Å². The van der Waals surface area contributed by atoms with E-state index in [2.05, 4.69) is 40.7 Å². The van der Waals surface area contributed by atoms with Gasteiger partial charge in [0.15, 0.2) is 12.6 Å². The van der Waals surface area contributed by atoms with Gasteiger partial charge in [0.25, 0.3) is 0 Å².